The van der Waals surface area contributed by atoms with Crippen LogP contribution in [0.3, 0.4) is 0 Å². The molecule has 5 nitrogen and oxygen atoms in total. The van der Waals surface area contributed by atoms with E-state index in [2.05, 4.69) is 41.1 Å². The predicted molar refractivity (Wildman–Crippen MR) is 147 cm³/mol. The Morgan fingerprint density at radius 1 is 0.829 bits per heavy atom. The number of carbonyl (C=O) groups excluding carboxylic acids is 1. The number of anilines is 3. The number of hydrogen-bond acceptors (Lipinski definition) is 3. The van der Waals surface area contributed by atoms with Crippen LogP contribution in [-0.4, -0.2) is 43.2 Å². The van der Waals surface area contributed by atoms with E-state index in [1.807, 2.05) is 24.3 Å². The van der Waals surface area contributed by atoms with Crippen LogP contribution in [0.25, 0.3) is 11.1 Å². The van der Waals surface area contributed by atoms with E-state index in [9.17, 15) is 4.79 Å². The van der Waals surface area contributed by atoms with E-state index in [4.69, 9.17) is 34.8 Å². The minimum atomic E-state index is -0.264. The molecule has 0 aliphatic carbocycles. The summed E-state index contributed by atoms with van der Waals surface area (Å²) in [4.78, 5) is 19.7. The molecule has 0 unspecified atom stereocenters. The summed E-state index contributed by atoms with van der Waals surface area (Å²) in [6.07, 6.45) is 0. The molecular formula is C27H27Cl3N4O. The first-order valence-corrected chi connectivity index (χ1v) is 12.9. The Kier molecular flexibility index (Phi) is 6.86. The van der Waals surface area contributed by atoms with Gasteiger partial charge in [0.2, 0.25) is 0 Å². The summed E-state index contributed by atoms with van der Waals surface area (Å²) < 4.78 is 0. The molecule has 1 N–H and O–H groups in total. The van der Waals surface area contributed by atoms with Gasteiger partial charge in [0.25, 0.3) is 0 Å². The molecular weight excluding hydrogens is 503 g/mol. The predicted octanol–water partition coefficient (Wildman–Crippen LogP) is 7.21. The standard InChI is InChI=1S/C27H27Cl3N4O/c1-17(2)32-10-12-33(13-11-32)18-14-20(19-6-3-4-7-22(19)28)21-16-31-27(35)34(25(21)15-18)26-23(29)8-5-9-24(26)30/h3-9,14-15,17H,10-13,16H2,1-2H3,(H,31,35). The molecule has 8 heteroatoms. The summed E-state index contributed by atoms with van der Waals surface area (Å²) >= 11 is 19.8. The van der Waals surface area contributed by atoms with Crippen LogP contribution >= 0.6 is 34.8 Å². The number of urea groups is 1. The molecule has 2 amide bonds. The van der Waals surface area contributed by atoms with E-state index in [0.29, 0.717) is 33.3 Å². The molecule has 0 saturated carbocycles. The van der Waals surface area contributed by atoms with Gasteiger partial charge in [-0.2, -0.15) is 0 Å². The van der Waals surface area contributed by atoms with Crippen molar-refractivity contribution in [3.63, 3.8) is 0 Å². The number of rotatable bonds is 4. The van der Waals surface area contributed by atoms with Crippen LogP contribution in [-0.2, 0) is 6.54 Å². The van der Waals surface area contributed by atoms with Gasteiger partial charge in [-0.3, -0.25) is 9.80 Å². The lowest BCUT2D eigenvalue weighted by Crippen LogP contribution is -2.49. The average molecular weight is 530 g/mol. The van der Waals surface area contributed by atoms with Crippen molar-refractivity contribution in [3.8, 4) is 11.1 Å². The Labute approximate surface area is 221 Å². The highest BCUT2D eigenvalue weighted by molar-refractivity contribution is 6.40. The average Bonchev–Trinajstić information content (AvgIpc) is 2.85. The van der Waals surface area contributed by atoms with Crippen LogP contribution in [0.4, 0.5) is 21.9 Å². The maximum Gasteiger partial charge on any atom is 0.326 e. The zero-order chi connectivity index (χ0) is 24.7. The summed E-state index contributed by atoms with van der Waals surface area (Å²) in [7, 11) is 0. The van der Waals surface area contributed by atoms with Gasteiger partial charge in [-0.25, -0.2) is 4.79 Å². The number of piperazine rings is 1. The van der Waals surface area contributed by atoms with Gasteiger partial charge in [0.15, 0.2) is 0 Å². The first-order valence-electron chi connectivity index (χ1n) is 11.8. The molecule has 0 atom stereocenters. The Bertz CT molecular complexity index is 1250. The molecule has 0 spiro atoms. The van der Waals surface area contributed by atoms with Gasteiger partial charge in [0.05, 0.1) is 21.4 Å². The largest absolute Gasteiger partial charge is 0.369 e. The number of carbonyl (C=O) groups is 1. The van der Waals surface area contributed by atoms with E-state index < -0.39 is 0 Å². The van der Waals surface area contributed by atoms with Crippen molar-refractivity contribution < 1.29 is 4.79 Å². The third-order valence-corrected chi connectivity index (χ3v) is 7.75. The first-order chi connectivity index (χ1) is 16.8. The minimum absolute atomic E-state index is 0.264. The number of fused-ring (bicyclic) bond motifs is 1. The zero-order valence-corrected chi connectivity index (χ0v) is 22.0. The summed E-state index contributed by atoms with van der Waals surface area (Å²) in [5.74, 6) is 0. The molecule has 2 heterocycles. The molecule has 2 aliphatic heterocycles. The summed E-state index contributed by atoms with van der Waals surface area (Å²) in [5.41, 5.74) is 5.17. The smallest absolute Gasteiger partial charge is 0.326 e. The fraction of sp³-hybridized carbons (Fsp3) is 0.296. The van der Waals surface area contributed by atoms with Gasteiger partial charge in [0, 0.05) is 60.6 Å². The van der Waals surface area contributed by atoms with Crippen molar-refractivity contribution in [2.75, 3.05) is 36.0 Å². The fourth-order valence-electron chi connectivity index (χ4n) is 4.90. The van der Waals surface area contributed by atoms with Gasteiger partial charge >= 0.3 is 6.03 Å². The maximum atomic E-state index is 13.2. The van der Waals surface area contributed by atoms with Crippen molar-refractivity contribution >= 4 is 57.9 Å². The second-order valence-electron chi connectivity index (χ2n) is 9.15. The monoisotopic (exact) mass is 528 g/mol. The van der Waals surface area contributed by atoms with Crippen LogP contribution < -0.4 is 15.1 Å². The van der Waals surface area contributed by atoms with Crippen LogP contribution in [0.5, 0.6) is 0 Å². The van der Waals surface area contributed by atoms with Crippen LogP contribution in [0.1, 0.15) is 19.4 Å². The lowest BCUT2D eigenvalue weighted by atomic mass is 9.94. The first kappa shape index (κ1) is 24.3. The number of halogens is 3. The molecule has 1 fully saturated rings. The molecule has 35 heavy (non-hydrogen) atoms. The number of nitrogens with one attached hydrogen (secondary N) is 1. The Morgan fingerprint density at radius 3 is 2.14 bits per heavy atom. The van der Waals surface area contributed by atoms with E-state index in [-0.39, 0.29) is 6.03 Å². The molecule has 182 valence electrons. The van der Waals surface area contributed by atoms with E-state index in [1.165, 1.54) is 0 Å². The number of nitrogens with zero attached hydrogens (tertiary/aromatic N) is 3. The number of amides is 2. The molecule has 0 aromatic heterocycles. The van der Waals surface area contributed by atoms with Gasteiger partial charge < -0.3 is 10.2 Å². The molecule has 5 rings (SSSR count). The molecule has 3 aromatic carbocycles. The third-order valence-electron chi connectivity index (χ3n) is 6.81. The van der Waals surface area contributed by atoms with E-state index in [1.54, 1.807) is 23.1 Å². The van der Waals surface area contributed by atoms with Gasteiger partial charge in [0.1, 0.15) is 0 Å². The number of benzene rings is 3. The number of hydrogen-bond donors (Lipinski definition) is 1. The van der Waals surface area contributed by atoms with Crippen molar-refractivity contribution in [1.29, 1.82) is 0 Å². The topological polar surface area (TPSA) is 38.8 Å². The molecule has 3 aromatic rings. The normalized spacial score (nSPS) is 16.5. The van der Waals surface area contributed by atoms with E-state index >= 15 is 0 Å². The van der Waals surface area contributed by atoms with Crippen LogP contribution in [0, 0.1) is 0 Å². The van der Waals surface area contributed by atoms with Crippen molar-refractivity contribution in [2.24, 2.45) is 0 Å². The third kappa shape index (κ3) is 4.58. The van der Waals surface area contributed by atoms with Gasteiger partial charge in [-0.15, -0.1) is 0 Å². The van der Waals surface area contributed by atoms with Crippen molar-refractivity contribution in [3.05, 3.63) is 75.2 Å². The minimum Gasteiger partial charge on any atom is -0.369 e. The van der Waals surface area contributed by atoms with Crippen molar-refractivity contribution in [2.45, 2.75) is 26.4 Å². The molecule has 2 aliphatic rings. The second-order valence-corrected chi connectivity index (χ2v) is 10.4. The molecule has 0 bridgehead atoms. The molecule has 1 saturated heterocycles. The van der Waals surface area contributed by atoms with Crippen LogP contribution in [0.15, 0.2) is 54.6 Å². The van der Waals surface area contributed by atoms with Gasteiger partial charge in [-0.1, -0.05) is 59.1 Å². The Morgan fingerprint density at radius 2 is 1.49 bits per heavy atom. The highest BCUT2D eigenvalue weighted by Gasteiger charge is 2.32. The molecule has 0 radical (unpaired) electrons. The SMILES string of the molecule is CC(C)N1CCN(c2cc(-c3ccccc3Cl)c3c(c2)N(c2c(Cl)cccc2Cl)C(=O)NC3)CC1. The van der Waals surface area contributed by atoms with E-state index in [0.717, 1.165) is 54.2 Å². The highest BCUT2D eigenvalue weighted by Crippen LogP contribution is 2.46. The van der Waals surface area contributed by atoms with Gasteiger partial charge in [-0.05, 0) is 49.7 Å². The summed E-state index contributed by atoms with van der Waals surface area (Å²) in [5, 5.41) is 4.48. The maximum absolute atomic E-state index is 13.2. The van der Waals surface area contributed by atoms with Crippen LogP contribution in [0.2, 0.25) is 15.1 Å². The Balaban J connectivity index is 1.69. The summed E-state index contributed by atoms with van der Waals surface area (Å²) in [6, 6.07) is 17.6. The highest BCUT2D eigenvalue weighted by atomic mass is 35.5. The van der Waals surface area contributed by atoms with Crippen molar-refractivity contribution in [1.82, 2.24) is 10.2 Å². The quantitative estimate of drug-likeness (QED) is 0.388. The lowest BCUT2D eigenvalue weighted by molar-refractivity contribution is 0.209. The Hall–Kier alpha value is -2.44. The summed E-state index contributed by atoms with van der Waals surface area (Å²) in [6.45, 7) is 8.61. The number of para-hydroxylation sites is 1. The zero-order valence-electron chi connectivity index (χ0n) is 19.7. The fourth-order valence-corrected chi connectivity index (χ4v) is 5.71. The lowest BCUT2D eigenvalue weighted by Gasteiger charge is -2.39. The second kappa shape index (κ2) is 9.90.